The molecule has 22 heavy (non-hydrogen) atoms. The van der Waals surface area contributed by atoms with E-state index in [0.29, 0.717) is 17.8 Å². The summed E-state index contributed by atoms with van der Waals surface area (Å²) in [4.78, 5) is 12.2. The van der Waals surface area contributed by atoms with Gasteiger partial charge in [0, 0.05) is 14.2 Å². The third-order valence-electron chi connectivity index (χ3n) is 4.76. The summed E-state index contributed by atoms with van der Waals surface area (Å²) in [5, 5.41) is 2.88. The zero-order valence-electron chi connectivity index (χ0n) is 14.9. The van der Waals surface area contributed by atoms with Gasteiger partial charge >= 0.3 is 6.09 Å². The topological polar surface area (TPSA) is 56.8 Å². The van der Waals surface area contributed by atoms with E-state index in [1.807, 2.05) is 6.92 Å². The van der Waals surface area contributed by atoms with Crippen LogP contribution in [0.5, 0.6) is 0 Å². The van der Waals surface area contributed by atoms with Gasteiger partial charge in [-0.2, -0.15) is 0 Å². The fourth-order valence-corrected chi connectivity index (χ4v) is 3.36. The molecule has 0 aliphatic heterocycles. The predicted octanol–water partition coefficient (Wildman–Crippen LogP) is 3.57. The van der Waals surface area contributed by atoms with Crippen LogP contribution in [0.4, 0.5) is 4.79 Å². The molecule has 0 saturated heterocycles. The molecule has 0 aromatic rings. The Balaban J connectivity index is 2.60. The lowest BCUT2D eigenvalue weighted by Crippen LogP contribution is -2.47. The van der Waals surface area contributed by atoms with Crippen molar-refractivity contribution in [1.29, 1.82) is 0 Å². The Morgan fingerprint density at radius 3 is 2.36 bits per heavy atom. The highest BCUT2D eigenvalue weighted by Crippen LogP contribution is 2.35. The van der Waals surface area contributed by atoms with Crippen LogP contribution in [-0.4, -0.2) is 38.7 Å². The molecule has 4 atom stereocenters. The normalized spacial score (nSPS) is 27.0. The molecule has 1 saturated carbocycles. The van der Waals surface area contributed by atoms with Crippen molar-refractivity contribution in [3.8, 4) is 0 Å². The summed E-state index contributed by atoms with van der Waals surface area (Å²) in [6.07, 6.45) is 3.20. The maximum Gasteiger partial charge on any atom is 0.407 e. The summed E-state index contributed by atoms with van der Waals surface area (Å²) in [5.74, 6) is 1.58. The Hall–Kier alpha value is -0.810. The lowest BCUT2D eigenvalue weighted by atomic mass is 9.75. The zero-order valence-corrected chi connectivity index (χ0v) is 14.9. The lowest BCUT2D eigenvalue weighted by Gasteiger charge is -2.37. The Bertz CT molecular complexity index is 331. The highest BCUT2D eigenvalue weighted by atomic mass is 16.7. The van der Waals surface area contributed by atoms with E-state index in [1.165, 1.54) is 6.42 Å². The molecule has 0 heterocycles. The van der Waals surface area contributed by atoms with Crippen molar-refractivity contribution in [3.05, 3.63) is 0 Å². The van der Waals surface area contributed by atoms with Crippen molar-refractivity contribution in [1.82, 2.24) is 5.32 Å². The van der Waals surface area contributed by atoms with E-state index in [-0.39, 0.29) is 18.2 Å². The maximum absolute atomic E-state index is 12.2. The molecule has 0 aromatic carbocycles. The Kier molecular flexibility index (Phi) is 8.18. The van der Waals surface area contributed by atoms with Crippen LogP contribution in [0.25, 0.3) is 0 Å². The average molecular weight is 315 g/mol. The summed E-state index contributed by atoms with van der Waals surface area (Å²) >= 11 is 0. The first-order valence-electron chi connectivity index (χ1n) is 8.45. The number of ether oxygens (including phenoxy) is 3. The van der Waals surface area contributed by atoms with Crippen molar-refractivity contribution in [2.24, 2.45) is 17.8 Å². The fraction of sp³-hybridized carbons (Fsp3) is 0.941. The fourth-order valence-electron chi connectivity index (χ4n) is 3.36. The van der Waals surface area contributed by atoms with E-state index in [1.54, 1.807) is 14.2 Å². The van der Waals surface area contributed by atoms with Crippen LogP contribution >= 0.6 is 0 Å². The lowest BCUT2D eigenvalue weighted by molar-refractivity contribution is -0.123. The summed E-state index contributed by atoms with van der Waals surface area (Å²) in [7, 11) is 3.14. The Morgan fingerprint density at radius 2 is 1.86 bits per heavy atom. The molecule has 1 fully saturated rings. The number of hydrogen-bond acceptors (Lipinski definition) is 4. The predicted molar refractivity (Wildman–Crippen MR) is 86.6 cm³/mol. The van der Waals surface area contributed by atoms with Crippen molar-refractivity contribution >= 4 is 6.09 Å². The van der Waals surface area contributed by atoms with Crippen LogP contribution in [0, 0.1) is 17.8 Å². The van der Waals surface area contributed by atoms with Crippen molar-refractivity contribution < 1.29 is 19.0 Å². The molecule has 1 aliphatic rings. The summed E-state index contributed by atoms with van der Waals surface area (Å²) < 4.78 is 16.2. The van der Waals surface area contributed by atoms with E-state index in [4.69, 9.17) is 14.2 Å². The number of carbonyl (C=O) groups excluding carboxylic acids is 1. The number of nitrogens with one attached hydrogen (secondary N) is 1. The second-order valence-electron chi connectivity index (χ2n) is 6.77. The first-order valence-corrected chi connectivity index (χ1v) is 8.45. The third kappa shape index (κ3) is 5.43. The minimum Gasteiger partial charge on any atom is -0.446 e. The maximum atomic E-state index is 12.2. The average Bonchev–Trinajstić information content (AvgIpc) is 2.46. The first-order chi connectivity index (χ1) is 10.4. The largest absolute Gasteiger partial charge is 0.446 e. The Morgan fingerprint density at radius 1 is 1.23 bits per heavy atom. The summed E-state index contributed by atoms with van der Waals surface area (Å²) in [6, 6.07) is -0.207. The van der Waals surface area contributed by atoms with E-state index in [0.717, 1.165) is 19.3 Å². The molecule has 1 rings (SSSR count). The first kappa shape index (κ1) is 19.2. The molecule has 1 N–H and O–H groups in total. The second kappa shape index (κ2) is 9.36. The standard InChI is InChI=1S/C17H33NO4/c1-7-14(16(20-5)21-6)18-17(19)22-15-10-12(4)8-9-13(15)11(2)3/h11-16H,7-10H2,1-6H3,(H,18,19)/t12-,13+,14?,15-/m1/s1. The minimum atomic E-state index is -0.455. The van der Waals surface area contributed by atoms with Crippen LogP contribution in [0.15, 0.2) is 0 Å². The Labute approximate surface area is 135 Å². The third-order valence-corrected chi connectivity index (χ3v) is 4.76. The molecule has 1 amide bonds. The van der Waals surface area contributed by atoms with Crippen LogP contribution in [-0.2, 0) is 14.2 Å². The van der Waals surface area contributed by atoms with Gasteiger partial charge in [0.15, 0.2) is 6.29 Å². The second-order valence-corrected chi connectivity index (χ2v) is 6.77. The molecule has 0 radical (unpaired) electrons. The van der Waals surface area contributed by atoms with Gasteiger partial charge in [0.25, 0.3) is 0 Å². The molecule has 0 spiro atoms. The van der Waals surface area contributed by atoms with Crippen molar-refractivity contribution in [2.75, 3.05) is 14.2 Å². The van der Waals surface area contributed by atoms with Crippen LogP contribution in [0.1, 0.15) is 53.4 Å². The molecule has 130 valence electrons. The van der Waals surface area contributed by atoms with Gasteiger partial charge in [-0.05, 0) is 37.0 Å². The highest BCUT2D eigenvalue weighted by Gasteiger charge is 2.34. The van der Waals surface area contributed by atoms with E-state index in [9.17, 15) is 4.79 Å². The molecule has 1 aliphatic carbocycles. The van der Waals surface area contributed by atoms with Crippen molar-refractivity contribution in [2.45, 2.75) is 71.8 Å². The number of carbonyl (C=O) groups is 1. The van der Waals surface area contributed by atoms with E-state index >= 15 is 0 Å². The van der Waals surface area contributed by atoms with Gasteiger partial charge in [0.2, 0.25) is 0 Å². The SMILES string of the molecule is CCC(NC(=O)O[C@@H]1C[C@H](C)CC[C@H]1C(C)C)C(OC)OC. The molecular formula is C17H33NO4. The van der Waals surface area contributed by atoms with E-state index < -0.39 is 6.29 Å². The summed E-state index contributed by atoms with van der Waals surface area (Å²) in [5.41, 5.74) is 0. The van der Waals surface area contributed by atoms with Gasteiger partial charge in [-0.25, -0.2) is 4.79 Å². The minimum absolute atomic E-state index is 0.00444. The van der Waals surface area contributed by atoms with Gasteiger partial charge in [-0.15, -0.1) is 0 Å². The smallest absolute Gasteiger partial charge is 0.407 e. The molecular weight excluding hydrogens is 282 g/mol. The molecule has 0 bridgehead atoms. The quantitative estimate of drug-likeness (QED) is 0.730. The van der Waals surface area contributed by atoms with Crippen LogP contribution < -0.4 is 5.32 Å². The highest BCUT2D eigenvalue weighted by molar-refractivity contribution is 5.67. The van der Waals surface area contributed by atoms with Crippen LogP contribution in [0.2, 0.25) is 0 Å². The number of hydrogen-bond donors (Lipinski definition) is 1. The van der Waals surface area contributed by atoms with Gasteiger partial charge in [-0.3, -0.25) is 0 Å². The monoisotopic (exact) mass is 315 g/mol. The number of methoxy groups -OCH3 is 2. The van der Waals surface area contributed by atoms with E-state index in [2.05, 4.69) is 26.1 Å². The summed E-state index contributed by atoms with van der Waals surface area (Å²) in [6.45, 7) is 8.62. The number of amides is 1. The molecule has 5 nitrogen and oxygen atoms in total. The van der Waals surface area contributed by atoms with Gasteiger partial charge in [0.05, 0.1) is 6.04 Å². The molecule has 0 aromatic heterocycles. The molecule has 1 unspecified atom stereocenters. The molecule has 5 heteroatoms. The van der Waals surface area contributed by atoms with Gasteiger partial charge < -0.3 is 19.5 Å². The number of alkyl carbamates (subject to hydrolysis) is 1. The van der Waals surface area contributed by atoms with Gasteiger partial charge in [0.1, 0.15) is 6.10 Å². The van der Waals surface area contributed by atoms with Gasteiger partial charge in [-0.1, -0.05) is 34.1 Å². The zero-order chi connectivity index (χ0) is 16.7. The van der Waals surface area contributed by atoms with Crippen molar-refractivity contribution in [3.63, 3.8) is 0 Å². The van der Waals surface area contributed by atoms with Crippen LogP contribution in [0.3, 0.4) is 0 Å². The number of rotatable bonds is 7.